The van der Waals surface area contributed by atoms with Crippen molar-refractivity contribution in [1.82, 2.24) is 25.7 Å². The number of hydrazine groups is 2. The second kappa shape index (κ2) is 9.48. The van der Waals surface area contributed by atoms with Crippen molar-refractivity contribution in [2.45, 2.75) is 31.2 Å². The van der Waals surface area contributed by atoms with E-state index in [1.807, 2.05) is 4.83 Å². The van der Waals surface area contributed by atoms with Gasteiger partial charge in [0.15, 0.2) is 0 Å². The predicted octanol–water partition coefficient (Wildman–Crippen LogP) is 2.75. The summed E-state index contributed by atoms with van der Waals surface area (Å²) in [7, 11) is -4.61. The van der Waals surface area contributed by atoms with Crippen LogP contribution in [0.2, 0.25) is 0 Å². The van der Waals surface area contributed by atoms with Gasteiger partial charge < -0.3 is 10.3 Å². The van der Waals surface area contributed by atoms with Gasteiger partial charge in [0.1, 0.15) is 23.5 Å². The number of aromatic amines is 1. The van der Waals surface area contributed by atoms with Crippen molar-refractivity contribution in [2.24, 2.45) is 5.92 Å². The van der Waals surface area contributed by atoms with E-state index in [0.29, 0.717) is 49.0 Å². The predicted molar refractivity (Wildman–Crippen MR) is 125 cm³/mol. The second-order valence-corrected chi connectivity index (χ2v) is 10.3. The van der Waals surface area contributed by atoms with E-state index in [9.17, 15) is 30.9 Å². The summed E-state index contributed by atoms with van der Waals surface area (Å²) in [5.41, 5.74) is 5.00. The Morgan fingerprint density at radius 3 is 2.44 bits per heavy atom. The molecule has 9 nitrogen and oxygen atoms in total. The number of amides is 1. The number of nitrogens with one attached hydrogen (secondary N) is 4. The Labute approximate surface area is 204 Å². The molecular weight excluding hydrogens is 499 g/mol. The van der Waals surface area contributed by atoms with E-state index in [0.717, 1.165) is 16.7 Å². The fourth-order valence-electron chi connectivity index (χ4n) is 5.03. The molecule has 1 saturated carbocycles. The minimum Gasteiger partial charge on any atom is -0.355 e. The standard InChI is InChI=1S/C23H24F3N5O4S/c24-15-3-1-13(2-4-15)21-20(17-9-16(25)10-18(26)22(17)29-21)14-7-12(8-14)11-28-31(30-36(33,34)35)19-5-6-27-23(19)32/h1-4,9-10,12,14,19,28-30H,5-8,11H2,(H,27,32)(H,33,34,35)/t12?,14?,19-/m1/s1. The molecule has 2 heterocycles. The summed E-state index contributed by atoms with van der Waals surface area (Å²) < 4.78 is 74.0. The molecule has 1 saturated heterocycles. The zero-order valence-electron chi connectivity index (χ0n) is 18.9. The summed E-state index contributed by atoms with van der Waals surface area (Å²) in [5.74, 6) is -2.23. The van der Waals surface area contributed by atoms with Gasteiger partial charge in [-0.05, 0) is 72.6 Å². The van der Waals surface area contributed by atoms with Gasteiger partial charge in [-0.3, -0.25) is 9.35 Å². The van der Waals surface area contributed by atoms with Crippen LogP contribution in [0.5, 0.6) is 0 Å². The van der Waals surface area contributed by atoms with Crippen LogP contribution in [0.1, 0.15) is 30.7 Å². The van der Waals surface area contributed by atoms with Crippen molar-refractivity contribution in [3.05, 3.63) is 59.4 Å². The molecule has 1 amide bonds. The highest BCUT2D eigenvalue weighted by Crippen LogP contribution is 2.48. The first-order valence-corrected chi connectivity index (χ1v) is 12.8. The molecule has 0 radical (unpaired) electrons. The van der Waals surface area contributed by atoms with Crippen LogP contribution in [0.15, 0.2) is 36.4 Å². The number of H-pyrrole nitrogens is 1. The van der Waals surface area contributed by atoms with E-state index in [2.05, 4.69) is 15.7 Å². The van der Waals surface area contributed by atoms with Gasteiger partial charge in [-0.1, -0.05) is 0 Å². The fraction of sp³-hybridized carbons (Fsp3) is 0.348. The number of hydrogen-bond acceptors (Lipinski definition) is 5. The highest BCUT2D eigenvalue weighted by atomic mass is 32.2. The first-order valence-electron chi connectivity index (χ1n) is 11.4. The minimum atomic E-state index is -4.61. The van der Waals surface area contributed by atoms with Crippen molar-refractivity contribution in [3.8, 4) is 11.3 Å². The van der Waals surface area contributed by atoms with Crippen LogP contribution in [0.25, 0.3) is 22.2 Å². The van der Waals surface area contributed by atoms with Crippen molar-refractivity contribution >= 4 is 27.1 Å². The van der Waals surface area contributed by atoms with Crippen LogP contribution in [0.4, 0.5) is 13.2 Å². The Balaban J connectivity index is 1.36. The Hall–Kier alpha value is -2.97. The maximum absolute atomic E-state index is 14.6. The number of carbonyl (C=O) groups is 1. The van der Waals surface area contributed by atoms with E-state index in [4.69, 9.17) is 0 Å². The largest absolute Gasteiger partial charge is 0.355 e. The van der Waals surface area contributed by atoms with Gasteiger partial charge in [-0.2, -0.15) is 13.5 Å². The third kappa shape index (κ3) is 4.97. The summed E-state index contributed by atoms with van der Waals surface area (Å²) in [4.78, 5) is 17.0. The number of hydrogen-bond donors (Lipinski definition) is 5. The minimum absolute atomic E-state index is 0.0505. The van der Waals surface area contributed by atoms with Gasteiger partial charge >= 0.3 is 10.3 Å². The Morgan fingerprint density at radius 1 is 1.08 bits per heavy atom. The lowest BCUT2D eigenvalue weighted by Crippen LogP contribution is -2.59. The molecular formula is C23H24F3N5O4S. The Bertz CT molecular complexity index is 1410. The van der Waals surface area contributed by atoms with Crippen LogP contribution in [-0.2, 0) is 15.1 Å². The second-order valence-electron chi connectivity index (χ2n) is 9.16. The SMILES string of the molecule is O=C1NCC[C@H]1N(NCC1CC(c2c(-c3ccc(F)cc3)[nH]c3c(F)cc(F)cc23)C1)NS(=O)(=O)O. The normalized spacial score (nSPS) is 22.2. The molecule has 2 fully saturated rings. The molecule has 1 aliphatic carbocycles. The molecule has 1 aliphatic heterocycles. The van der Waals surface area contributed by atoms with Gasteiger partial charge in [0.25, 0.3) is 0 Å². The topological polar surface area (TPSA) is 127 Å². The summed E-state index contributed by atoms with van der Waals surface area (Å²) >= 11 is 0. The van der Waals surface area contributed by atoms with Crippen LogP contribution in [-0.4, -0.2) is 48.1 Å². The highest BCUT2D eigenvalue weighted by Gasteiger charge is 2.37. The maximum atomic E-state index is 14.6. The molecule has 5 rings (SSSR count). The van der Waals surface area contributed by atoms with Crippen LogP contribution >= 0.6 is 0 Å². The third-order valence-corrected chi connectivity index (χ3v) is 7.16. The molecule has 192 valence electrons. The molecule has 36 heavy (non-hydrogen) atoms. The molecule has 1 atom stereocenters. The number of carbonyl (C=O) groups excluding carboxylic acids is 1. The summed E-state index contributed by atoms with van der Waals surface area (Å²) in [6, 6.07) is 6.99. The van der Waals surface area contributed by atoms with Gasteiger partial charge in [-0.25, -0.2) is 18.6 Å². The fourth-order valence-corrected chi connectivity index (χ4v) is 5.47. The number of aromatic nitrogens is 1. The maximum Gasteiger partial charge on any atom is 0.347 e. The average Bonchev–Trinajstić information content (AvgIpc) is 3.36. The first-order chi connectivity index (χ1) is 17.1. The molecule has 3 aromatic rings. The van der Waals surface area contributed by atoms with Gasteiger partial charge in [0.2, 0.25) is 5.91 Å². The zero-order valence-corrected chi connectivity index (χ0v) is 19.7. The third-order valence-electron chi connectivity index (χ3n) is 6.74. The van der Waals surface area contributed by atoms with Crippen molar-refractivity contribution in [3.63, 3.8) is 0 Å². The molecule has 2 aromatic carbocycles. The Kier molecular flexibility index (Phi) is 6.51. The van der Waals surface area contributed by atoms with Gasteiger partial charge in [0, 0.05) is 24.5 Å². The monoisotopic (exact) mass is 523 g/mol. The van der Waals surface area contributed by atoms with Gasteiger partial charge in [-0.15, -0.1) is 4.83 Å². The van der Waals surface area contributed by atoms with Gasteiger partial charge in [0.05, 0.1) is 11.2 Å². The molecule has 0 bridgehead atoms. The highest BCUT2D eigenvalue weighted by molar-refractivity contribution is 7.83. The molecule has 0 spiro atoms. The van der Waals surface area contributed by atoms with Crippen molar-refractivity contribution in [1.29, 1.82) is 0 Å². The average molecular weight is 524 g/mol. The quantitative estimate of drug-likeness (QED) is 0.228. The lowest BCUT2D eigenvalue weighted by molar-refractivity contribution is -0.125. The van der Waals surface area contributed by atoms with Crippen LogP contribution < -0.4 is 15.6 Å². The molecule has 1 aromatic heterocycles. The van der Waals surface area contributed by atoms with Crippen LogP contribution in [0.3, 0.4) is 0 Å². The van der Waals surface area contributed by atoms with E-state index >= 15 is 0 Å². The van der Waals surface area contributed by atoms with E-state index in [1.165, 1.54) is 18.2 Å². The summed E-state index contributed by atoms with van der Waals surface area (Å²) in [6.07, 6.45) is 1.57. The lowest BCUT2D eigenvalue weighted by atomic mass is 9.70. The van der Waals surface area contributed by atoms with Crippen molar-refractivity contribution in [2.75, 3.05) is 13.1 Å². The van der Waals surface area contributed by atoms with E-state index < -0.39 is 33.8 Å². The number of benzene rings is 2. The molecule has 0 unspecified atom stereocenters. The number of fused-ring (bicyclic) bond motifs is 1. The van der Waals surface area contributed by atoms with E-state index in [-0.39, 0.29) is 23.3 Å². The van der Waals surface area contributed by atoms with Crippen molar-refractivity contribution < 1.29 is 30.9 Å². The number of nitrogens with zero attached hydrogens (tertiary/aromatic N) is 1. The Morgan fingerprint density at radius 2 is 1.81 bits per heavy atom. The van der Waals surface area contributed by atoms with Crippen LogP contribution in [0, 0.1) is 23.4 Å². The molecule has 13 heteroatoms. The molecule has 2 aliphatic rings. The lowest BCUT2D eigenvalue weighted by Gasteiger charge is -2.38. The number of rotatable bonds is 8. The summed E-state index contributed by atoms with van der Waals surface area (Å²) in [6.45, 7) is 0.667. The first kappa shape index (κ1) is 24.7. The number of halogens is 3. The smallest absolute Gasteiger partial charge is 0.347 e. The van der Waals surface area contributed by atoms with E-state index in [1.54, 1.807) is 12.1 Å². The molecule has 5 N–H and O–H groups in total. The summed E-state index contributed by atoms with van der Waals surface area (Å²) in [5, 5.41) is 4.01. The zero-order chi connectivity index (χ0) is 25.6.